The predicted octanol–water partition coefficient (Wildman–Crippen LogP) is 5.29. The van der Waals surface area contributed by atoms with Crippen LogP contribution in [0.2, 0.25) is 0 Å². The Labute approximate surface area is 155 Å². The Bertz CT molecular complexity index is 701. The fourth-order valence-electron chi connectivity index (χ4n) is 3.33. The highest BCUT2D eigenvalue weighted by molar-refractivity contribution is 7.73. The lowest BCUT2D eigenvalue weighted by atomic mass is 10.3. The molecule has 2 heteroatoms. The SMILES string of the molecule is C[C@@H](C[C@H](C)P(c1ccccc1)c1ccccc1)Pc1ccccc1. The van der Waals surface area contributed by atoms with Crippen LogP contribution in [0.3, 0.4) is 0 Å². The van der Waals surface area contributed by atoms with Gasteiger partial charge in [0.15, 0.2) is 0 Å². The Balaban J connectivity index is 1.76. The van der Waals surface area contributed by atoms with Gasteiger partial charge in [-0.15, -0.1) is 0 Å². The molecule has 0 heterocycles. The van der Waals surface area contributed by atoms with Crippen molar-refractivity contribution >= 4 is 32.4 Å². The summed E-state index contributed by atoms with van der Waals surface area (Å²) >= 11 is 0. The molecule has 0 radical (unpaired) electrons. The summed E-state index contributed by atoms with van der Waals surface area (Å²) in [7, 11) is 0.575. The highest BCUT2D eigenvalue weighted by Crippen LogP contribution is 2.43. The van der Waals surface area contributed by atoms with Gasteiger partial charge in [0.2, 0.25) is 0 Å². The molecule has 0 bridgehead atoms. The summed E-state index contributed by atoms with van der Waals surface area (Å²) in [6, 6.07) is 33.1. The van der Waals surface area contributed by atoms with Crippen LogP contribution < -0.4 is 15.9 Å². The van der Waals surface area contributed by atoms with Gasteiger partial charge in [0, 0.05) is 0 Å². The van der Waals surface area contributed by atoms with E-state index in [1.807, 2.05) is 0 Å². The third-order valence-electron chi connectivity index (χ3n) is 4.39. The summed E-state index contributed by atoms with van der Waals surface area (Å²) < 4.78 is 0. The second kappa shape index (κ2) is 9.28. The van der Waals surface area contributed by atoms with Gasteiger partial charge < -0.3 is 0 Å². The molecular formula is C23H26P2. The first-order chi connectivity index (χ1) is 12.2. The molecular weight excluding hydrogens is 338 g/mol. The van der Waals surface area contributed by atoms with E-state index in [0.717, 1.165) is 14.2 Å². The maximum Gasteiger partial charge on any atom is -0.0151 e. The number of hydrogen-bond donors (Lipinski definition) is 0. The highest BCUT2D eigenvalue weighted by atomic mass is 31.1. The van der Waals surface area contributed by atoms with Crippen molar-refractivity contribution < 1.29 is 0 Å². The summed E-state index contributed by atoms with van der Waals surface area (Å²) in [5, 5.41) is 4.46. The van der Waals surface area contributed by atoms with Crippen LogP contribution in [-0.2, 0) is 0 Å². The maximum absolute atomic E-state index is 2.44. The van der Waals surface area contributed by atoms with Gasteiger partial charge >= 0.3 is 0 Å². The molecule has 0 aliphatic heterocycles. The van der Waals surface area contributed by atoms with Gasteiger partial charge in [0.1, 0.15) is 0 Å². The maximum atomic E-state index is 2.44. The third kappa shape index (κ3) is 5.24. The zero-order valence-corrected chi connectivity index (χ0v) is 16.9. The minimum Gasteiger partial charge on any atom is -0.0875 e. The Morgan fingerprint density at radius 1 is 0.680 bits per heavy atom. The summed E-state index contributed by atoms with van der Waals surface area (Å²) in [5.74, 6) is 0. The van der Waals surface area contributed by atoms with Crippen LogP contribution in [0.4, 0.5) is 0 Å². The molecule has 128 valence electrons. The molecule has 3 aromatic carbocycles. The Morgan fingerprint density at radius 2 is 1.12 bits per heavy atom. The van der Waals surface area contributed by atoms with Gasteiger partial charge in [-0.2, -0.15) is 0 Å². The minimum atomic E-state index is -0.315. The molecule has 0 saturated heterocycles. The van der Waals surface area contributed by atoms with Gasteiger partial charge in [-0.05, 0) is 41.6 Å². The third-order valence-corrected chi connectivity index (χ3v) is 8.59. The first-order valence-electron chi connectivity index (χ1n) is 8.95. The van der Waals surface area contributed by atoms with Gasteiger partial charge in [-0.3, -0.25) is 0 Å². The highest BCUT2D eigenvalue weighted by Gasteiger charge is 2.22. The van der Waals surface area contributed by atoms with Crippen molar-refractivity contribution in [2.24, 2.45) is 0 Å². The monoisotopic (exact) mass is 364 g/mol. The largest absolute Gasteiger partial charge is 0.0875 e. The topological polar surface area (TPSA) is 0 Å². The van der Waals surface area contributed by atoms with Crippen LogP contribution in [-0.4, -0.2) is 11.3 Å². The molecule has 3 aromatic rings. The van der Waals surface area contributed by atoms with Crippen molar-refractivity contribution in [2.75, 3.05) is 0 Å². The minimum absolute atomic E-state index is 0.315. The lowest BCUT2D eigenvalue weighted by molar-refractivity contribution is 0.796. The van der Waals surface area contributed by atoms with Crippen LogP contribution in [0.15, 0.2) is 91.0 Å². The molecule has 3 atom stereocenters. The van der Waals surface area contributed by atoms with Crippen molar-refractivity contribution in [3.63, 3.8) is 0 Å². The van der Waals surface area contributed by atoms with Crippen molar-refractivity contribution in [3.8, 4) is 0 Å². The summed E-state index contributed by atoms with van der Waals surface area (Å²) in [6.07, 6.45) is 1.27. The van der Waals surface area contributed by atoms with Crippen LogP contribution in [0.1, 0.15) is 20.3 Å². The molecule has 25 heavy (non-hydrogen) atoms. The molecule has 0 N–H and O–H groups in total. The van der Waals surface area contributed by atoms with Gasteiger partial charge in [0.05, 0.1) is 0 Å². The molecule has 0 fully saturated rings. The Hall–Kier alpha value is -1.48. The van der Waals surface area contributed by atoms with Gasteiger partial charge in [0.25, 0.3) is 0 Å². The lowest BCUT2D eigenvalue weighted by Crippen LogP contribution is -2.22. The van der Waals surface area contributed by atoms with Crippen LogP contribution in [0.25, 0.3) is 0 Å². The fourth-order valence-corrected chi connectivity index (χ4v) is 7.78. The first-order valence-corrected chi connectivity index (χ1v) is 11.4. The second-order valence-electron chi connectivity index (χ2n) is 6.54. The quantitative estimate of drug-likeness (QED) is 0.500. The summed E-state index contributed by atoms with van der Waals surface area (Å²) in [6.45, 7) is 4.85. The zero-order valence-electron chi connectivity index (χ0n) is 15.0. The van der Waals surface area contributed by atoms with E-state index in [4.69, 9.17) is 0 Å². The number of rotatable bonds is 7. The van der Waals surface area contributed by atoms with E-state index < -0.39 is 0 Å². The van der Waals surface area contributed by atoms with Crippen LogP contribution >= 0.6 is 16.5 Å². The van der Waals surface area contributed by atoms with Crippen LogP contribution in [0, 0.1) is 0 Å². The average molecular weight is 364 g/mol. The van der Waals surface area contributed by atoms with E-state index >= 15 is 0 Å². The molecule has 0 saturated carbocycles. The van der Waals surface area contributed by atoms with Crippen molar-refractivity contribution in [1.29, 1.82) is 0 Å². The Kier molecular flexibility index (Phi) is 6.80. The number of benzene rings is 3. The fraction of sp³-hybridized carbons (Fsp3) is 0.217. The molecule has 0 aliphatic carbocycles. The summed E-state index contributed by atoms with van der Waals surface area (Å²) in [5.41, 5.74) is 1.39. The zero-order chi connectivity index (χ0) is 17.5. The number of hydrogen-bond acceptors (Lipinski definition) is 0. The van der Waals surface area contributed by atoms with E-state index in [-0.39, 0.29) is 7.92 Å². The smallest absolute Gasteiger partial charge is 0.0151 e. The van der Waals surface area contributed by atoms with Crippen molar-refractivity contribution in [2.45, 2.75) is 31.6 Å². The molecule has 0 spiro atoms. The van der Waals surface area contributed by atoms with Crippen LogP contribution in [0.5, 0.6) is 0 Å². The van der Waals surface area contributed by atoms with Crippen molar-refractivity contribution in [3.05, 3.63) is 91.0 Å². The Morgan fingerprint density at radius 3 is 1.60 bits per heavy atom. The molecule has 1 unspecified atom stereocenters. The molecule has 0 nitrogen and oxygen atoms in total. The van der Waals surface area contributed by atoms with E-state index in [1.54, 1.807) is 0 Å². The predicted molar refractivity (Wildman–Crippen MR) is 117 cm³/mol. The average Bonchev–Trinajstić information content (AvgIpc) is 2.64. The lowest BCUT2D eigenvalue weighted by Gasteiger charge is -2.28. The molecule has 0 aliphatic rings. The van der Waals surface area contributed by atoms with Crippen molar-refractivity contribution in [1.82, 2.24) is 0 Å². The second-order valence-corrected chi connectivity index (χ2v) is 11.0. The van der Waals surface area contributed by atoms with E-state index in [2.05, 4.69) is 105 Å². The van der Waals surface area contributed by atoms with Gasteiger partial charge in [-0.1, -0.05) is 113 Å². The van der Waals surface area contributed by atoms with Gasteiger partial charge in [-0.25, -0.2) is 0 Å². The van der Waals surface area contributed by atoms with E-state index in [0.29, 0.717) is 5.66 Å². The summed E-state index contributed by atoms with van der Waals surface area (Å²) in [4.78, 5) is 0. The standard InChI is InChI=1S/C23H26P2/c1-19(24-21-12-6-3-7-13-21)18-20(2)25(22-14-8-4-9-15-22)23-16-10-5-11-17-23/h3-17,19-20,24H,18H2,1-2H3/t19-,20-/m0/s1. The first kappa shape index (κ1) is 18.3. The normalized spacial score (nSPS) is 14.0. The molecule has 3 rings (SSSR count). The van der Waals surface area contributed by atoms with E-state index in [9.17, 15) is 0 Å². The molecule has 0 aromatic heterocycles. The molecule has 0 amide bonds. The van der Waals surface area contributed by atoms with E-state index in [1.165, 1.54) is 22.3 Å².